The first-order valence-electron chi connectivity index (χ1n) is 7.48. The lowest BCUT2D eigenvalue weighted by atomic mass is 10.2. The van der Waals surface area contributed by atoms with Crippen LogP contribution in [-0.4, -0.2) is 30.3 Å². The van der Waals surface area contributed by atoms with Crippen LogP contribution in [-0.2, 0) is 0 Å². The highest BCUT2D eigenvalue weighted by Gasteiger charge is 2.18. The molecule has 4 aromatic rings. The van der Waals surface area contributed by atoms with Crippen molar-refractivity contribution < 1.29 is 0 Å². The average molecular weight is 331 g/mol. The Morgan fingerprint density at radius 2 is 1.92 bits per heavy atom. The van der Waals surface area contributed by atoms with E-state index in [4.69, 9.17) is 11.1 Å². The molecule has 0 fully saturated rings. The molecule has 0 aliphatic carbocycles. The Balaban J connectivity index is 2.09. The molecule has 4 N–H and O–H groups in total. The summed E-state index contributed by atoms with van der Waals surface area (Å²) in [5, 5.41) is 7.80. The van der Waals surface area contributed by atoms with Crippen molar-refractivity contribution in [1.82, 2.24) is 24.5 Å². The third-order valence-electron chi connectivity index (χ3n) is 3.73. The van der Waals surface area contributed by atoms with Gasteiger partial charge in [-0.2, -0.15) is 0 Å². The van der Waals surface area contributed by atoms with Gasteiger partial charge < -0.3 is 10.7 Å². The van der Waals surface area contributed by atoms with Gasteiger partial charge in [0.2, 0.25) is 0 Å². The van der Waals surface area contributed by atoms with Crippen LogP contribution >= 0.6 is 0 Å². The van der Waals surface area contributed by atoms with Crippen molar-refractivity contribution in [3.8, 4) is 17.1 Å². The van der Waals surface area contributed by atoms with Crippen molar-refractivity contribution in [1.29, 1.82) is 5.41 Å². The van der Waals surface area contributed by atoms with Crippen LogP contribution < -0.4 is 11.4 Å². The summed E-state index contributed by atoms with van der Waals surface area (Å²) in [7, 11) is 0. The molecule has 0 radical (unpaired) electrons. The largest absolute Gasteiger partial charge is 0.382 e. The van der Waals surface area contributed by atoms with E-state index in [-0.39, 0.29) is 17.2 Å². The maximum atomic E-state index is 12.5. The van der Waals surface area contributed by atoms with Gasteiger partial charge in [-0.15, -0.1) is 0 Å². The summed E-state index contributed by atoms with van der Waals surface area (Å²) in [5.41, 5.74) is 7.48. The van der Waals surface area contributed by atoms with Crippen molar-refractivity contribution in [2.45, 2.75) is 0 Å². The molecular formula is C17H13N7O. The molecule has 4 rings (SSSR count). The minimum Gasteiger partial charge on any atom is -0.382 e. The van der Waals surface area contributed by atoms with Crippen molar-refractivity contribution in [2.24, 2.45) is 5.73 Å². The van der Waals surface area contributed by atoms with Gasteiger partial charge in [0.25, 0.3) is 0 Å². The van der Waals surface area contributed by atoms with Gasteiger partial charge in [-0.25, -0.2) is 19.3 Å². The van der Waals surface area contributed by atoms with Crippen LogP contribution in [0.4, 0.5) is 0 Å². The number of pyridine rings is 1. The number of amidine groups is 1. The molecular weight excluding hydrogens is 318 g/mol. The summed E-state index contributed by atoms with van der Waals surface area (Å²) in [6, 6.07) is 12.7. The van der Waals surface area contributed by atoms with Crippen LogP contribution in [0.5, 0.6) is 0 Å². The lowest BCUT2D eigenvalue weighted by Gasteiger charge is -2.07. The Labute approximate surface area is 141 Å². The minimum absolute atomic E-state index is 0.177. The van der Waals surface area contributed by atoms with E-state index in [1.54, 1.807) is 36.7 Å². The quantitative estimate of drug-likeness (QED) is 0.387. The van der Waals surface area contributed by atoms with Gasteiger partial charge in [0.05, 0.1) is 5.69 Å². The summed E-state index contributed by atoms with van der Waals surface area (Å²) in [4.78, 5) is 28.1. The number of nitrogens with two attached hydrogens (primary N) is 1. The molecule has 1 aromatic carbocycles. The third kappa shape index (κ3) is 2.45. The Kier molecular flexibility index (Phi) is 3.35. The summed E-state index contributed by atoms with van der Waals surface area (Å²) < 4.78 is 1.43. The number of hydrogen-bond acceptors (Lipinski definition) is 5. The highest BCUT2D eigenvalue weighted by molar-refractivity contribution is 6.03. The van der Waals surface area contributed by atoms with Crippen molar-refractivity contribution in [3.05, 3.63) is 71.0 Å². The van der Waals surface area contributed by atoms with E-state index < -0.39 is 0 Å². The fourth-order valence-corrected chi connectivity index (χ4v) is 2.62. The number of imidazole rings is 1. The van der Waals surface area contributed by atoms with Gasteiger partial charge >= 0.3 is 5.69 Å². The lowest BCUT2D eigenvalue weighted by molar-refractivity contribution is 0.998. The van der Waals surface area contributed by atoms with Crippen molar-refractivity contribution in [3.63, 3.8) is 0 Å². The maximum Gasteiger partial charge on any atom is 0.332 e. The summed E-state index contributed by atoms with van der Waals surface area (Å²) in [6.07, 6.45) is 3.26. The number of para-hydroxylation sites is 1. The van der Waals surface area contributed by atoms with Gasteiger partial charge in [-0.3, -0.25) is 10.4 Å². The predicted molar refractivity (Wildman–Crippen MR) is 93.7 cm³/mol. The van der Waals surface area contributed by atoms with Gasteiger partial charge in [0.1, 0.15) is 17.0 Å². The molecule has 8 heteroatoms. The molecule has 8 nitrogen and oxygen atoms in total. The van der Waals surface area contributed by atoms with Crippen LogP contribution in [0.25, 0.3) is 28.2 Å². The number of hydrogen-bond donors (Lipinski definition) is 3. The molecule has 0 unspecified atom stereocenters. The summed E-state index contributed by atoms with van der Waals surface area (Å²) in [5.74, 6) is 0.0912. The van der Waals surface area contributed by atoms with E-state index in [0.29, 0.717) is 28.2 Å². The smallest absolute Gasteiger partial charge is 0.332 e. The van der Waals surface area contributed by atoms with Crippen LogP contribution in [0.2, 0.25) is 0 Å². The van der Waals surface area contributed by atoms with Crippen molar-refractivity contribution >= 4 is 17.0 Å². The molecule has 0 saturated carbocycles. The number of fused-ring (bicyclic) bond motifs is 1. The minimum atomic E-state index is -0.374. The summed E-state index contributed by atoms with van der Waals surface area (Å²) in [6.45, 7) is 0. The molecule has 0 bridgehead atoms. The second-order valence-corrected chi connectivity index (χ2v) is 5.35. The van der Waals surface area contributed by atoms with Crippen LogP contribution in [0, 0.1) is 5.41 Å². The lowest BCUT2D eigenvalue weighted by Crippen LogP contribution is -2.15. The van der Waals surface area contributed by atoms with Crippen LogP contribution in [0.3, 0.4) is 0 Å². The molecule has 25 heavy (non-hydrogen) atoms. The SMILES string of the molecule is N=C(N)c1nc(-c2cccnc2)nc2c1[nH]c(=O)n2-c1ccccc1. The first-order valence-corrected chi connectivity index (χ1v) is 7.48. The standard InChI is InChI=1S/C17H13N7O/c18-14(19)12-13-16(23-15(21-12)10-5-4-8-20-9-10)24(17(25)22-13)11-6-2-1-3-7-11/h1-9H,(H3,18,19)(H,22,25). The molecule has 3 heterocycles. The highest BCUT2D eigenvalue weighted by Crippen LogP contribution is 2.21. The molecule has 0 saturated heterocycles. The predicted octanol–water partition coefficient (Wildman–Crippen LogP) is 1.45. The second-order valence-electron chi connectivity index (χ2n) is 5.35. The maximum absolute atomic E-state index is 12.5. The van der Waals surface area contributed by atoms with E-state index in [0.717, 1.165) is 0 Å². The normalized spacial score (nSPS) is 10.9. The second kappa shape index (κ2) is 5.68. The van der Waals surface area contributed by atoms with Crippen molar-refractivity contribution in [2.75, 3.05) is 0 Å². The van der Waals surface area contributed by atoms with Gasteiger partial charge in [0, 0.05) is 18.0 Å². The Hall–Kier alpha value is -3.81. The molecule has 0 amide bonds. The number of H-pyrrole nitrogens is 1. The van der Waals surface area contributed by atoms with E-state index in [2.05, 4.69) is 19.9 Å². The van der Waals surface area contributed by atoms with Gasteiger partial charge in [-0.05, 0) is 24.3 Å². The molecule has 122 valence electrons. The molecule has 0 atom stereocenters. The number of nitrogens with zero attached hydrogens (tertiary/aromatic N) is 4. The Bertz CT molecular complexity index is 1130. The first-order chi connectivity index (χ1) is 12.1. The van der Waals surface area contributed by atoms with Gasteiger partial charge in [-0.1, -0.05) is 18.2 Å². The number of nitrogens with one attached hydrogen (secondary N) is 2. The topological polar surface area (TPSA) is 126 Å². The highest BCUT2D eigenvalue weighted by atomic mass is 16.1. The van der Waals surface area contributed by atoms with Crippen LogP contribution in [0.1, 0.15) is 5.69 Å². The number of aromatic amines is 1. The number of rotatable bonds is 3. The van der Waals surface area contributed by atoms with E-state index >= 15 is 0 Å². The Morgan fingerprint density at radius 3 is 2.60 bits per heavy atom. The average Bonchev–Trinajstić information content (AvgIpc) is 2.98. The van der Waals surface area contributed by atoms with E-state index in [1.807, 2.05) is 18.2 Å². The number of benzene rings is 1. The first kappa shape index (κ1) is 14.8. The fraction of sp³-hybridized carbons (Fsp3) is 0. The Morgan fingerprint density at radius 1 is 1.12 bits per heavy atom. The van der Waals surface area contributed by atoms with E-state index in [1.165, 1.54) is 4.57 Å². The summed E-state index contributed by atoms with van der Waals surface area (Å²) >= 11 is 0. The number of nitrogen functional groups attached to an aromatic ring is 1. The fourth-order valence-electron chi connectivity index (χ4n) is 2.62. The molecule has 0 aliphatic heterocycles. The zero-order valence-corrected chi connectivity index (χ0v) is 13.0. The molecule has 0 spiro atoms. The van der Waals surface area contributed by atoms with E-state index in [9.17, 15) is 4.79 Å². The zero-order valence-electron chi connectivity index (χ0n) is 13.0. The van der Waals surface area contributed by atoms with Gasteiger partial charge in [0.15, 0.2) is 11.5 Å². The molecule has 0 aliphatic rings. The number of aromatic nitrogens is 5. The zero-order chi connectivity index (χ0) is 17.4. The molecule has 3 aromatic heterocycles. The monoisotopic (exact) mass is 331 g/mol. The van der Waals surface area contributed by atoms with Crippen LogP contribution in [0.15, 0.2) is 59.7 Å². The third-order valence-corrected chi connectivity index (χ3v) is 3.73.